The molecule has 0 saturated heterocycles. The van der Waals surface area contributed by atoms with Gasteiger partial charge in [0, 0.05) is 6.54 Å². The number of rotatable bonds is 13. The van der Waals surface area contributed by atoms with Crippen LogP contribution in [-0.4, -0.2) is 12.5 Å². The summed E-state index contributed by atoms with van der Waals surface area (Å²) in [5.74, 6) is -0.111. The Bertz CT molecular complexity index is 1350. The Kier molecular flexibility index (Phi) is 10.3. The molecule has 0 fully saturated rings. The Morgan fingerprint density at radius 2 is 1.18 bits per heavy atom. The van der Waals surface area contributed by atoms with Gasteiger partial charge in [-0.3, -0.25) is 4.79 Å². The van der Waals surface area contributed by atoms with Gasteiger partial charge in [-0.15, -0.1) is 0 Å². The van der Waals surface area contributed by atoms with Crippen molar-refractivity contribution in [3.05, 3.63) is 120 Å². The van der Waals surface area contributed by atoms with Gasteiger partial charge in [-0.1, -0.05) is 124 Å². The van der Waals surface area contributed by atoms with Crippen LogP contribution < -0.4 is 5.32 Å². The number of benzene rings is 4. The van der Waals surface area contributed by atoms with Crippen LogP contribution in [0, 0.1) is 0 Å². The van der Waals surface area contributed by atoms with E-state index >= 15 is 0 Å². The van der Waals surface area contributed by atoms with Crippen LogP contribution >= 0.6 is 0 Å². The molecular formula is C37H41NO. The van der Waals surface area contributed by atoms with Crippen molar-refractivity contribution in [2.45, 2.75) is 58.8 Å². The summed E-state index contributed by atoms with van der Waals surface area (Å²) in [6.07, 6.45) is 9.16. The van der Waals surface area contributed by atoms with Gasteiger partial charge in [0.2, 0.25) is 5.91 Å². The van der Waals surface area contributed by atoms with E-state index in [1.165, 1.54) is 81.8 Å². The second-order valence-corrected chi connectivity index (χ2v) is 10.3. The van der Waals surface area contributed by atoms with Gasteiger partial charge in [-0.2, -0.15) is 0 Å². The van der Waals surface area contributed by atoms with Crippen LogP contribution in [0.15, 0.2) is 104 Å². The predicted molar refractivity (Wildman–Crippen MR) is 167 cm³/mol. The third kappa shape index (κ3) is 7.80. The molecule has 1 amide bonds. The third-order valence-electron chi connectivity index (χ3n) is 7.45. The van der Waals surface area contributed by atoms with Gasteiger partial charge in [0.15, 0.2) is 0 Å². The monoisotopic (exact) mass is 515 g/mol. The number of unbranched alkanes of at least 4 members (excludes halogenated alkanes) is 2. The lowest BCUT2D eigenvalue weighted by Crippen LogP contribution is -2.22. The maximum Gasteiger partial charge on any atom is 0.243 e. The molecule has 0 unspecified atom stereocenters. The molecule has 0 saturated carbocycles. The quantitative estimate of drug-likeness (QED) is 0.139. The van der Waals surface area contributed by atoms with E-state index in [-0.39, 0.29) is 5.91 Å². The number of aryl methyl sites for hydroxylation is 3. The zero-order valence-electron chi connectivity index (χ0n) is 23.5. The molecule has 4 aromatic carbocycles. The number of hydrogen-bond donors (Lipinski definition) is 1. The normalized spacial score (nSPS) is 10.8. The molecule has 1 N–H and O–H groups in total. The lowest BCUT2D eigenvalue weighted by Gasteiger charge is -2.13. The highest BCUT2D eigenvalue weighted by Gasteiger charge is 2.08. The largest absolute Gasteiger partial charge is 0.353 e. The maximum absolute atomic E-state index is 11.3. The highest BCUT2D eigenvalue weighted by molar-refractivity contribution is 5.86. The topological polar surface area (TPSA) is 29.1 Å². The van der Waals surface area contributed by atoms with Crippen molar-refractivity contribution in [3.63, 3.8) is 0 Å². The smallest absolute Gasteiger partial charge is 0.243 e. The van der Waals surface area contributed by atoms with Crippen LogP contribution in [0.5, 0.6) is 0 Å². The Labute approximate surface area is 234 Å². The Balaban J connectivity index is 1.42. The summed E-state index contributed by atoms with van der Waals surface area (Å²) in [6.45, 7) is 8.63. The SMILES string of the molecule is C=CC(=O)NCCCc1ccc(-c2ccc(-c3ccc(-c4ccc(CCCCC)cc4)cc3)cc2CC)cc1. The number of carbonyl (C=O) groups excluding carboxylic acids is 1. The second kappa shape index (κ2) is 14.3. The molecular weight excluding hydrogens is 474 g/mol. The van der Waals surface area contributed by atoms with Crippen molar-refractivity contribution < 1.29 is 4.79 Å². The number of carbonyl (C=O) groups is 1. The lowest BCUT2D eigenvalue weighted by atomic mass is 9.92. The summed E-state index contributed by atoms with van der Waals surface area (Å²) in [5.41, 5.74) is 11.6. The molecule has 39 heavy (non-hydrogen) atoms. The summed E-state index contributed by atoms with van der Waals surface area (Å²) in [4.78, 5) is 11.3. The van der Waals surface area contributed by atoms with Crippen LogP contribution in [0.3, 0.4) is 0 Å². The number of nitrogens with one attached hydrogen (secondary N) is 1. The van der Waals surface area contributed by atoms with Gasteiger partial charge in [-0.25, -0.2) is 0 Å². The first kappa shape index (κ1) is 28.1. The molecule has 0 atom stereocenters. The van der Waals surface area contributed by atoms with E-state index in [0.29, 0.717) is 6.54 Å². The van der Waals surface area contributed by atoms with Crippen molar-refractivity contribution in [1.82, 2.24) is 5.32 Å². The summed E-state index contributed by atoms with van der Waals surface area (Å²) >= 11 is 0. The van der Waals surface area contributed by atoms with Crippen molar-refractivity contribution in [3.8, 4) is 33.4 Å². The van der Waals surface area contributed by atoms with Gasteiger partial charge in [0.05, 0.1) is 0 Å². The van der Waals surface area contributed by atoms with E-state index in [2.05, 4.69) is 117 Å². The van der Waals surface area contributed by atoms with Crippen molar-refractivity contribution in [2.75, 3.05) is 6.54 Å². The summed E-state index contributed by atoms with van der Waals surface area (Å²) < 4.78 is 0. The highest BCUT2D eigenvalue weighted by atomic mass is 16.1. The molecule has 0 aromatic heterocycles. The average molecular weight is 516 g/mol. The van der Waals surface area contributed by atoms with E-state index in [9.17, 15) is 4.79 Å². The summed E-state index contributed by atoms with van der Waals surface area (Å²) in [7, 11) is 0. The van der Waals surface area contributed by atoms with E-state index in [1.54, 1.807) is 0 Å². The molecule has 0 spiro atoms. The van der Waals surface area contributed by atoms with Crippen LogP contribution in [0.4, 0.5) is 0 Å². The minimum atomic E-state index is -0.111. The molecule has 0 bridgehead atoms. The van der Waals surface area contributed by atoms with Gasteiger partial charge >= 0.3 is 0 Å². The Morgan fingerprint density at radius 1 is 0.667 bits per heavy atom. The molecule has 0 aliphatic heterocycles. The first-order valence-electron chi connectivity index (χ1n) is 14.4. The minimum absolute atomic E-state index is 0.111. The standard InChI is InChI=1S/C37H41NO/c1-4-7-8-10-28-12-16-31(17-13-28)32-20-22-33(23-21-32)35-24-25-36(30(5-2)27-35)34-18-14-29(15-19-34)11-9-26-38-37(39)6-3/h6,12-25,27H,3-5,7-11,26H2,1-2H3,(H,38,39). The van der Waals surface area contributed by atoms with Crippen LogP contribution in [0.2, 0.25) is 0 Å². The first-order chi connectivity index (χ1) is 19.1. The average Bonchev–Trinajstić information content (AvgIpc) is 3.00. The molecule has 0 aliphatic rings. The van der Waals surface area contributed by atoms with E-state index in [4.69, 9.17) is 0 Å². The van der Waals surface area contributed by atoms with Crippen LogP contribution in [0.1, 0.15) is 56.2 Å². The van der Waals surface area contributed by atoms with Crippen molar-refractivity contribution >= 4 is 5.91 Å². The predicted octanol–water partition coefficient (Wildman–Crippen LogP) is 9.22. The van der Waals surface area contributed by atoms with Crippen LogP contribution in [0.25, 0.3) is 33.4 Å². The van der Waals surface area contributed by atoms with Crippen LogP contribution in [-0.2, 0) is 24.1 Å². The number of hydrogen-bond acceptors (Lipinski definition) is 1. The minimum Gasteiger partial charge on any atom is -0.353 e. The van der Waals surface area contributed by atoms with Gasteiger partial charge in [-0.05, 0) is 88.3 Å². The molecule has 0 radical (unpaired) electrons. The Morgan fingerprint density at radius 3 is 1.74 bits per heavy atom. The molecule has 4 aromatic rings. The van der Waals surface area contributed by atoms with E-state index < -0.39 is 0 Å². The molecule has 2 heteroatoms. The van der Waals surface area contributed by atoms with Gasteiger partial charge < -0.3 is 5.32 Å². The summed E-state index contributed by atoms with van der Waals surface area (Å²) in [5, 5.41) is 2.84. The zero-order valence-corrected chi connectivity index (χ0v) is 23.5. The third-order valence-corrected chi connectivity index (χ3v) is 7.45. The maximum atomic E-state index is 11.3. The lowest BCUT2D eigenvalue weighted by molar-refractivity contribution is -0.116. The zero-order chi connectivity index (χ0) is 27.5. The molecule has 0 aliphatic carbocycles. The van der Waals surface area contributed by atoms with Crippen molar-refractivity contribution in [2.24, 2.45) is 0 Å². The van der Waals surface area contributed by atoms with Gasteiger partial charge in [0.1, 0.15) is 0 Å². The molecule has 2 nitrogen and oxygen atoms in total. The molecule has 0 heterocycles. The fourth-order valence-corrected chi connectivity index (χ4v) is 5.07. The van der Waals surface area contributed by atoms with E-state index in [0.717, 1.165) is 19.3 Å². The fourth-order valence-electron chi connectivity index (χ4n) is 5.07. The summed E-state index contributed by atoms with van der Waals surface area (Å²) in [6, 6.07) is 33.7. The van der Waals surface area contributed by atoms with E-state index in [1.807, 2.05) is 0 Å². The second-order valence-electron chi connectivity index (χ2n) is 10.3. The molecule has 200 valence electrons. The first-order valence-corrected chi connectivity index (χ1v) is 14.4. The number of amides is 1. The van der Waals surface area contributed by atoms with Gasteiger partial charge in [0.25, 0.3) is 0 Å². The van der Waals surface area contributed by atoms with Crippen molar-refractivity contribution in [1.29, 1.82) is 0 Å². The fraction of sp³-hybridized carbons (Fsp3) is 0.270. The molecule has 4 rings (SSSR count). The Hall–Kier alpha value is -3.91. The highest BCUT2D eigenvalue weighted by Crippen LogP contribution is 2.31.